The van der Waals surface area contributed by atoms with Gasteiger partial charge in [-0.05, 0) is 65.8 Å². The number of benzene rings is 3. The third kappa shape index (κ3) is 6.62. The van der Waals surface area contributed by atoms with E-state index in [9.17, 15) is 13.2 Å². The van der Waals surface area contributed by atoms with E-state index in [1.54, 1.807) is 12.1 Å². The van der Waals surface area contributed by atoms with Crippen molar-refractivity contribution < 1.29 is 17.9 Å². The van der Waals surface area contributed by atoms with Gasteiger partial charge in [0.25, 0.3) is 0 Å². The quantitative estimate of drug-likeness (QED) is 0.214. The number of rotatable bonds is 8. The Hall–Kier alpha value is -3.34. The molecule has 0 heterocycles. The first kappa shape index (κ1) is 21.4. The van der Waals surface area contributed by atoms with Crippen molar-refractivity contribution in [1.29, 1.82) is 0 Å². The first-order valence-corrected chi connectivity index (χ1v) is 9.63. The van der Waals surface area contributed by atoms with Gasteiger partial charge < -0.3 is 4.74 Å². The Morgan fingerprint density at radius 2 is 1.43 bits per heavy atom. The lowest BCUT2D eigenvalue weighted by atomic mass is 10.1. The standard InChI is InChI=1S/C25H22F3NO/c1-2-3-4-5-19-6-8-20(9-7-19)18-29-23-14-10-21(11-15-23)22-12-16-24(17-13-22)30-25(26,27)28/h2,6-18H,1,3-5H2. The Bertz CT molecular complexity index is 973. The molecule has 0 bridgehead atoms. The average molecular weight is 409 g/mol. The number of ether oxygens (including phenoxy) is 1. The van der Waals surface area contributed by atoms with Gasteiger partial charge in [0.15, 0.2) is 0 Å². The summed E-state index contributed by atoms with van der Waals surface area (Å²) in [6, 6.07) is 21.6. The largest absolute Gasteiger partial charge is 0.573 e. The number of unbranched alkanes of at least 4 members (excludes halogenated alkanes) is 1. The summed E-state index contributed by atoms with van der Waals surface area (Å²) in [5.74, 6) is -0.237. The normalized spacial score (nSPS) is 11.6. The molecule has 0 unspecified atom stereocenters. The van der Waals surface area contributed by atoms with Crippen LogP contribution < -0.4 is 4.74 Å². The number of alkyl halides is 3. The van der Waals surface area contributed by atoms with E-state index in [2.05, 4.69) is 28.4 Å². The molecule has 0 aromatic heterocycles. The van der Waals surface area contributed by atoms with Crippen molar-refractivity contribution >= 4 is 11.9 Å². The highest BCUT2D eigenvalue weighted by molar-refractivity contribution is 5.82. The fourth-order valence-electron chi connectivity index (χ4n) is 2.96. The highest BCUT2D eigenvalue weighted by atomic mass is 19.4. The lowest BCUT2D eigenvalue weighted by molar-refractivity contribution is -0.274. The number of halogens is 3. The summed E-state index contributed by atoms with van der Waals surface area (Å²) in [6.07, 6.45) is 2.21. The minimum Gasteiger partial charge on any atom is -0.406 e. The predicted molar refractivity (Wildman–Crippen MR) is 115 cm³/mol. The van der Waals surface area contributed by atoms with Crippen molar-refractivity contribution in [2.24, 2.45) is 4.99 Å². The zero-order valence-electron chi connectivity index (χ0n) is 16.4. The number of hydrogen-bond acceptors (Lipinski definition) is 2. The minimum atomic E-state index is -4.69. The highest BCUT2D eigenvalue weighted by Gasteiger charge is 2.30. The Kier molecular flexibility index (Phi) is 7.07. The van der Waals surface area contributed by atoms with Gasteiger partial charge in [-0.25, -0.2) is 0 Å². The lowest BCUT2D eigenvalue weighted by Gasteiger charge is -2.09. The maximum Gasteiger partial charge on any atom is 0.573 e. The maximum atomic E-state index is 12.2. The van der Waals surface area contributed by atoms with Crippen LogP contribution >= 0.6 is 0 Å². The number of aryl methyl sites for hydroxylation is 1. The molecule has 0 N–H and O–H groups in total. The summed E-state index contributed by atoms with van der Waals surface area (Å²) in [4.78, 5) is 4.49. The van der Waals surface area contributed by atoms with Crippen LogP contribution in [0, 0.1) is 0 Å². The van der Waals surface area contributed by atoms with Crippen LogP contribution in [0.4, 0.5) is 18.9 Å². The Morgan fingerprint density at radius 3 is 2.00 bits per heavy atom. The van der Waals surface area contributed by atoms with E-state index in [1.165, 1.54) is 17.7 Å². The summed E-state index contributed by atoms with van der Waals surface area (Å²) in [5, 5.41) is 0. The van der Waals surface area contributed by atoms with Gasteiger partial charge in [-0.2, -0.15) is 0 Å². The van der Waals surface area contributed by atoms with Crippen molar-refractivity contribution in [2.45, 2.75) is 25.6 Å². The molecule has 0 atom stereocenters. The smallest absolute Gasteiger partial charge is 0.406 e. The second-order valence-electron chi connectivity index (χ2n) is 6.80. The Balaban J connectivity index is 1.61. The molecule has 0 amide bonds. The van der Waals surface area contributed by atoms with E-state index in [0.29, 0.717) is 0 Å². The molecule has 0 saturated heterocycles. The molecule has 0 spiro atoms. The van der Waals surface area contributed by atoms with Crippen molar-refractivity contribution in [3.63, 3.8) is 0 Å². The van der Waals surface area contributed by atoms with Crippen LogP contribution in [-0.4, -0.2) is 12.6 Å². The molecule has 154 valence electrons. The zero-order chi connectivity index (χ0) is 21.4. The van der Waals surface area contributed by atoms with Gasteiger partial charge >= 0.3 is 6.36 Å². The van der Waals surface area contributed by atoms with Crippen molar-refractivity contribution in [1.82, 2.24) is 0 Å². The fourth-order valence-corrected chi connectivity index (χ4v) is 2.96. The monoisotopic (exact) mass is 409 g/mol. The third-order valence-electron chi connectivity index (χ3n) is 4.50. The van der Waals surface area contributed by atoms with Crippen LogP contribution in [0.2, 0.25) is 0 Å². The van der Waals surface area contributed by atoms with E-state index >= 15 is 0 Å². The van der Waals surface area contributed by atoms with Gasteiger partial charge in [0.1, 0.15) is 5.75 Å². The summed E-state index contributed by atoms with van der Waals surface area (Å²) >= 11 is 0. The van der Waals surface area contributed by atoms with Crippen LogP contribution in [0.5, 0.6) is 5.75 Å². The molecule has 0 aliphatic rings. The molecule has 5 heteroatoms. The van der Waals surface area contributed by atoms with Gasteiger partial charge in [0.05, 0.1) is 5.69 Å². The minimum absolute atomic E-state index is 0.237. The van der Waals surface area contributed by atoms with Crippen molar-refractivity contribution in [3.8, 4) is 16.9 Å². The molecule has 3 aromatic rings. The number of nitrogens with zero attached hydrogens (tertiary/aromatic N) is 1. The predicted octanol–water partition coefficient (Wildman–Crippen LogP) is 7.51. The van der Waals surface area contributed by atoms with Crippen molar-refractivity contribution in [3.05, 3.63) is 96.6 Å². The van der Waals surface area contributed by atoms with Gasteiger partial charge in [-0.3, -0.25) is 4.99 Å². The highest BCUT2D eigenvalue weighted by Crippen LogP contribution is 2.27. The van der Waals surface area contributed by atoms with Gasteiger partial charge in [0, 0.05) is 6.21 Å². The maximum absolute atomic E-state index is 12.2. The third-order valence-corrected chi connectivity index (χ3v) is 4.50. The van der Waals surface area contributed by atoms with Crippen LogP contribution in [0.3, 0.4) is 0 Å². The molecule has 0 fully saturated rings. The van der Waals surface area contributed by atoms with Crippen LogP contribution in [0.25, 0.3) is 11.1 Å². The second kappa shape index (κ2) is 9.92. The number of aliphatic imine (C=N–C) groups is 1. The van der Waals surface area contributed by atoms with Gasteiger partial charge in [-0.1, -0.05) is 54.6 Å². The van der Waals surface area contributed by atoms with E-state index in [4.69, 9.17) is 0 Å². The van der Waals surface area contributed by atoms with Gasteiger partial charge in [0.2, 0.25) is 0 Å². The molecule has 3 aromatic carbocycles. The first-order valence-electron chi connectivity index (χ1n) is 9.63. The van der Waals surface area contributed by atoms with Crippen LogP contribution in [-0.2, 0) is 6.42 Å². The van der Waals surface area contributed by atoms with E-state index < -0.39 is 6.36 Å². The SMILES string of the molecule is C=CCCCc1ccc(C=Nc2ccc(-c3ccc(OC(F)(F)F)cc3)cc2)cc1. The molecule has 0 radical (unpaired) electrons. The molecule has 3 rings (SSSR count). The van der Waals surface area contributed by atoms with E-state index in [0.717, 1.165) is 41.6 Å². The molecular weight excluding hydrogens is 387 g/mol. The molecule has 0 aliphatic carbocycles. The average Bonchev–Trinajstić information content (AvgIpc) is 2.73. The topological polar surface area (TPSA) is 21.6 Å². The van der Waals surface area contributed by atoms with E-state index in [1.807, 2.05) is 48.7 Å². The number of hydrogen-bond donors (Lipinski definition) is 0. The second-order valence-corrected chi connectivity index (χ2v) is 6.80. The van der Waals surface area contributed by atoms with Gasteiger partial charge in [-0.15, -0.1) is 19.8 Å². The molecule has 2 nitrogen and oxygen atoms in total. The summed E-state index contributed by atoms with van der Waals surface area (Å²) in [6.45, 7) is 3.74. The van der Waals surface area contributed by atoms with Crippen LogP contribution in [0.1, 0.15) is 24.0 Å². The molecular formula is C25H22F3NO. The fraction of sp³-hybridized carbons (Fsp3) is 0.160. The molecule has 0 aliphatic heterocycles. The summed E-state index contributed by atoms with van der Waals surface area (Å²) in [5.41, 5.74) is 4.80. The summed E-state index contributed by atoms with van der Waals surface area (Å²) in [7, 11) is 0. The molecule has 0 saturated carbocycles. The summed E-state index contributed by atoms with van der Waals surface area (Å²) < 4.78 is 40.6. The van der Waals surface area contributed by atoms with Crippen LogP contribution in [0.15, 0.2) is 90.4 Å². The Labute approximate surface area is 174 Å². The first-order chi connectivity index (χ1) is 14.4. The zero-order valence-corrected chi connectivity index (χ0v) is 16.4. The van der Waals surface area contributed by atoms with E-state index in [-0.39, 0.29) is 5.75 Å². The number of allylic oxidation sites excluding steroid dienone is 1. The Morgan fingerprint density at radius 1 is 0.833 bits per heavy atom. The molecule has 30 heavy (non-hydrogen) atoms. The lowest BCUT2D eigenvalue weighted by Crippen LogP contribution is -2.16. The van der Waals surface area contributed by atoms with Crippen molar-refractivity contribution in [2.75, 3.05) is 0 Å².